The summed E-state index contributed by atoms with van der Waals surface area (Å²) in [6.45, 7) is 0. The molecule has 0 aliphatic rings. The van der Waals surface area contributed by atoms with Crippen LogP contribution in [-0.2, 0) is 4.74 Å². The number of methoxy groups -OCH3 is 3. The quantitative estimate of drug-likeness (QED) is 0.239. The van der Waals surface area contributed by atoms with E-state index in [0.717, 1.165) is 11.1 Å². The summed E-state index contributed by atoms with van der Waals surface area (Å²) >= 11 is 1.26. The fourth-order valence-electron chi connectivity index (χ4n) is 4.27. The van der Waals surface area contributed by atoms with E-state index in [1.54, 1.807) is 20.3 Å². The molecule has 5 rings (SSSR count). The Bertz CT molecular complexity index is 1640. The molecular formula is C30H24N2O5S. The van der Waals surface area contributed by atoms with Crippen molar-refractivity contribution in [2.75, 3.05) is 26.6 Å². The van der Waals surface area contributed by atoms with Crippen LogP contribution in [0.15, 0.2) is 84.2 Å². The average Bonchev–Trinajstić information content (AvgIpc) is 3.39. The first-order valence-electron chi connectivity index (χ1n) is 11.7. The maximum atomic E-state index is 13.7. The van der Waals surface area contributed by atoms with Gasteiger partial charge in [0.1, 0.15) is 22.1 Å². The Balaban J connectivity index is 1.58. The Morgan fingerprint density at radius 3 is 2.32 bits per heavy atom. The smallest absolute Gasteiger partial charge is 0.341 e. The van der Waals surface area contributed by atoms with Gasteiger partial charge in [-0.15, -0.1) is 11.3 Å². The number of carbonyl (C=O) groups is 2. The van der Waals surface area contributed by atoms with Crippen LogP contribution < -0.4 is 14.8 Å². The third-order valence-electron chi connectivity index (χ3n) is 6.15. The Morgan fingerprint density at radius 2 is 1.58 bits per heavy atom. The lowest BCUT2D eigenvalue weighted by atomic mass is 10.0. The highest BCUT2D eigenvalue weighted by atomic mass is 32.1. The van der Waals surface area contributed by atoms with Crippen LogP contribution in [0.4, 0.5) is 5.00 Å². The number of fused-ring (bicyclic) bond motifs is 1. The van der Waals surface area contributed by atoms with E-state index in [9.17, 15) is 9.59 Å². The van der Waals surface area contributed by atoms with Gasteiger partial charge in [0.25, 0.3) is 5.91 Å². The third-order valence-corrected chi connectivity index (χ3v) is 7.05. The van der Waals surface area contributed by atoms with Crippen LogP contribution in [0.3, 0.4) is 0 Å². The van der Waals surface area contributed by atoms with Gasteiger partial charge in [0.05, 0.1) is 38.1 Å². The Kier molecular flexibility index (Phi) is 7.06. The van der Waals surface area contributed by atoms with Crippen molar-refractivity contribution in [3.63, 3.8) is 0 Å². The lowest BCUT2D eigenvalue weighted by molar-refractivity contribution is 0.0603. The van der Waals surface area contributed by atoms with Crippen LogP contribution in [-0.4, -0.2) is 38.2 Å². The second-order valence-electron chi connectivity index (χ2n) is 8.30. The molecule has 0 fully saturated rings. The number of benzene rings is 3. The van der Waals surface area contributed by atoms with Crippen molar-refractivity contribution >= 4 is 39.1 Å². The van der Waals surface area contributed by atoms with Crippen molar-refractivity contribution in [2.24, 2.45) is 0 Å². The molecule has 2 aromatic heterocycles. The largest absolute Gasteiger partial charge is 0.497 e. The highest BCUT2D eigenvalue weighted by Crippen LogP contribution is 2.38. The average molecular weight is 525 g/mol. The van der Waals surface area contributed by atoms with Gasteiger partial charge >= 0.3 is 5.97 Å². The van der Waals surface area contributed by atoms with Crippen LogP contribution in [0.1, 0.15) is 20.7 Å². The number of para-hydroxylation sites is 2. The van der Waals surface area contributed by atoms with Crippen molar-refractivity contribution in [3.05, 3.63) is 95.4 Å². The van der Waals surface area contributed by atoms with Crippen LogP contribution in [0.25, 0.3) is 33.3 Å². The SMILES string of the molecule is COC(=O)c1c(-c2ccc(OC)cc2)csc1NC(=O)c1cc(-c2ccccc2OC)nc2ccccc12. The standard InChI is InChI=1S/C30H24N2O5S/c1-35-19-14-12-18(13-15-19)23-17-38-29(27(23)30(34)37-3)32-28(33)22-16-25(21-9-5-7-11-26(21)36-2)31-24-10-6-4-8-20(22)24/h4-17H,1-3H3,(H,32,33). The number of hydrogen-bond donors (Lipinski definition) is 1. The van der Waals surface area contributed by atoms with Gasteiger partial charge in [-0.2, -0.15) is 0 Å². The molecule has 0 saturated carbocycles. The van der Waals surface area contributed by atoms with Crippen molar-refractivity contribution < 1.29 is 23.8 Å². The summed E-state index contributed by atoms with van der Waals surface area (Å²) in [7, 11) is 4.51. The van der Waals surface area contributed by atoms with Crippen LogP contribution in [0.2, 0.25) is 0 Å². The molecule has 1 N–H and O–H groups in total. The van der Waals surface area contributed by atoms with Crippen LogP contribution in [0, 0.1) is 0 Å². The molecule has 3 aromatic carbocycles. The molecule has 0 atom stereocenters. The maximum absolute atomic E-state index is 13.7. The van der Waals surface area contributed by atoms with E-state index in [-0.39, 0.29) is 5.91 Å². The molecule has 8 heteroatoms. The molecule has 2 heterocycles. The highest BCUT2D eigenvalue weighted by Gasteiger charge is 2.24. The van der Waals surface area contributed by atoms with E-state index < -0.39 is 5.97 Å². The molecule has 0 bridgehead atoms. The minimum absolute atomic E-state index is 0.291. The van der Waals surface area contributed by atoms with Gasteiger partial charge in [0, 0.05) is 21.9 Å². The second-order valence-corrected chi connectivity index (χ2v) is 9.18. The molecule has 0 saturated heterocycles. The normalized spacial score (nSPS) is 10.7. The predicted octanol–water partition coefficient (Wildman–Crippen LogP) is 6.69. The second kappa shape index (κ2) is 10.7. The van der Waals surface area contributed by atoms with Gasteiger partial charge in [0.15, 0.2) is 0 Å². The van der Waals surface area contributed by atoms with Crippen LogP contribution in [0.5, 0.6) is 11.5 Å². The molecule has 0 spiro atoms. The summed E-state index contributed by atoms with van der Waals surface area (Å²) in [5.41, 5.74) is 4.21. The van der Waals surface area contributed by atoms with Crippen molar-refractivity contribution in [1.82, 2.24) is 4.98 Å². The van der Waals surface area contributed by atoms with E-state index in [1.165, 1.54) is 18.4 Å². The van der Waals surface area contributed by atoms with Crippen molar-refractivity contribution in [1.29, 1.82) is 0 Å². The number of rotatable bonds is 7. The summed E-state index contributed by atoms with van der Waals surface area (Å²) in [6, 6.07) is 24.0. The summed E-state index contributed by atoms with van der Waals surface area (Å²) in [6.07, 6.45) is 0. The fourth-order valence-corrected chi connectivity index (χ4v) is 5.22. The minimum atomic E-state index is -0.540. The molecule has 0 radical (unpaired) electrons. The van der Waals surface area contributed by atoms with Gasteiger partial charge in [0.2, 0.25) is 0 Å². The Hall–Kier alpha value is -4.69. The first kappa shape index (κ1) is 25.0. The first-order valence-corrected chi connectivity index (χ1v) is 12.6. The number of nitrogens with one attached hydrogen (secondary N) is 1. The third kappa shape index (κ3) is 4.69. The van der Waals surface area contributed by atoms with Gasteiger partial charge in [-0.25, -0.2) is 9.78 Å². The number of esters is 1. The topological polar surface area (TPSA) is 86.8 Å². The number of nitrogens with zero attached hydrogens (tertiary/aromatic N) is 1. The monoisotopic (exact) mass is 524 g/mol. The van der Waals surface area contributed by atoms with E-state index >= 15 is 0 Å². The minimum Gasteiger partial charge on any atom is -0.497 e. The zero-order valence-electron chi connectivity index (χ0n) is 21.0. The zero-order valence-corrected chi connectivity index (χ0v) is 21.8. The number of pyridine rings is 1. The molecule has 190 valence electrons. The molecule has 1 amide bonds. The van der Waals surface area contributed by atoms with E-state index in [4.69, 9.17) is 19.2 Å². The Morgan fingerprint density at radius 1 is 0.842 bits per heavy atom. The van der Waals surface area contributed by atoms with Crippen LogP contribution >= 0.6 is 11.3 Å². The van der Waals surface area contributed by atoms with Gasteiger partial charge < -0.3 is 19.5 Å². The summed E-state index contributed by atoms with van der Waals surface area (Å²) in [5.74, 6) is 0.444. The summed E-state index contributed by atoms with van der Waals surface area (Å²) in [5, 5.41) is 5.86. The molecule has 0 aliphatic carbocycles. The Labute approximate surface area is 223 Å². The van der Waals surface area contributed by atoms with E-state index in [0.29, 0.717) is 49.8 Å². The van der Waals surface area contributed by atoms with E-state index in [2.05, 4.69) is 5.32 Å². The summed E-state index contributed by atoms with van der Waals surface area (Å²) < 4.78 is 15.8. The summed E-state index contributed by atoms with van der Waals surface area (Å²) in [4.78, 5) is 31.3. The van der Waals surface area contributed by atoms with Crippen molar-refractivity contribution in [2.45, 2.75) is 0 Å². The molecule has 38 heavy (non-hydrogen) atoms. The van der Waals surface area contributed by atoms with Gasteiger partial charge in [-0.1, -0.05) is 42.5 Å². The van der Waals surface area contributed by atoms with Gasteiger partial charge in [-0.3, -0.25) is 4.79 Å². The number of amides is 1. The lowest BCUT2D eigenvalue weighted by Gasteiger charge is -2.13. The number of thiophene rings is 1. The number of aromatic nitrogens is 1. The lowest BCUT2D eigenvalue weighted by Crippen LogP contribution is -2.15. The molecule has 5 aromatic rings. The number of carbonyl (C=O) groups excluding carboxylic acids is 2. The van der Waals surface area contributed by atoms with Gasteiger partial charge in [-0.05, 0) is 42.0 Å². The molecule has 0 aliphatic heterocycles. The molecule has 0 unspecified atom stereocenters. The first-order chi connectivity index (χ1) is 18.5. The van der Waals surface area contributed by atoms with Crippen molar-refractivity contribution in [3.8, 4) is 33.9 Å². The molecular weight excluding hydrogens is 500 g/mol. The zero-order chi connectivity index (χ0) is 26.6. The van der Waals surface area contributed by atoms with E-state index in [1.807, 2.05) is 78.2 Å². The number of anilines is 1. The predicted molar refractivity (Wildman–Crippen MR) is 149 cm³/mol. The number of ether oxygens (including phenoxy) is 3. The fraction of sp³-hybridized carbons (Fsp3) is 0.100. The maximum Gasteiger partial charge on any atom is 0.341 e. The highest BCUT2D eigenvalue weighted by molar-refractivity contribution is 7.15. The number of hydrogen-bond acceptors (Lipinski definition) is 7. The molecule has 7 nitrogen and oxygen atoms in total.